The summed E-state index contributed by atoms with van der Waals surface area (Å²) in [6.45, 7) is 2.11. The first-order valence-electron chi connectivity index (χ1n) is 5.52. The molecule has 0 bridgehead atoms. The van der Waals surface area contributed by atoms with E-state index in [0.717, 1.165) is 7.57 Å². The average molecular weight is 399 g/mol. The van der Waals surface area contributed by atoms with Gasteiger partial charge in [0.2, 0.25) is 0 Å². The molecule has 1 N–H and O–H groups in total. The van der Waals surface area contributed by atoms with E-state index in [4.69, 9.17) is 4.74 Å². The van der Waals surface area contributed by atoms with Gasteiger partial charge in [0.25, 0.3) is 0 Å². The number of carbonyl (C=O) groups excluding carboxylic acids is 1. The first-order valence-corrected chi connectivity index (χ1v) is 7.92. The van der Waals surface area contributed by atoms with Crippen LogP contribution in [0.25, 0.3) is 0 Å². The number of carbonyl (C=O) groups is 1. The molecule has 2 rings (SSSR count). The number of aliphatic hydroxyl groups is 1. The number of nitrogens with zero attached hydrogens (tertiary/aromatic N) is 1. The Hall–Kier alpha value is 0.210. The summed E-state index contributed by atoms with van der Waals surface area (Å²) >= 11 is 8.24. The number of ether oxygens (including phenoxy) is 1. The number of hydrogen-bond donors (Lipinski definition) is 1. The van der Waals surface area contributed by atoms with Crippen LogP contribution in [-0.2, 0) is 4.74 Å². The third kappa shape index (κ3) is 3.40. The van der Waals surface area contributed by atoms with E-state index in [2.05, 4.69) is 31.9 Å². The second-order valence-electron chi connectivity index (χ2n) is 4.04. The van der Waals surface area contributed by atoms with Gasteiger partial charge in [-0.05, 0) is 37.9 Å². The normalized spacial score (nSPS) is 21.2. The maximum absolute atomic E-state index is 12.2. The number of ketones is 1. The van der Waals surface area contributed by atoms with Crippen molar-refractivity contribution in [2.75, 3.05) is 32.9 Å². The molecule has 0 amide bonds. The van der Waals surface area contributed by atoms with Gasteiger partial charge in [0.05, 0.1) is 40.0 Å². The van der Waals surface area contributed by atoms with Crippen molar-refractivity contribution < 1.29 is 14.6 Å². The van der Waals surface area contributed by atoms with Gasteiger partial charge >= 0.3 is 0 Å². The van der Waals surface area contributed by atoms with Crippen molar-refractivity contribution >= 4 is 49.0 Å². The van der Waals surface area contributed by atoms with Crippen LogP contribution in [-0.4, -0.2) is 54.7 Å². The Kier molecular flexibility index (Phi) is 5.35. The molecule has 100 valence electrons. The van der Waals surface area contributed by atoms with Crippen LogP contribution in [0, 0.1) is 0 Å². The molecule has 1 fully saturated rings. The van der Waals surface area contributed by atoms with Gasteiger partial charge in [-0.3, -0.25) is 9.69 Å². The van der Waals surface area contributed by atoms with Crippen LogP contribution in [0.2, 0.25) is 0 Å². The topological polar surface area (TPSA) is 49.8 Å². The molecule has 0 aliphatic carbocycles. The van der Waals surface area contributed by atoms with Crippen molar-refractivity contribution in [2.45, 2.75) is 6.04 Å². The van der Waals surface area contributed by atoms with Gasteiger partial charge in [-0.1, -0.05) is 0 Å². The minimum Gasteiger partial charge on any atom is -0.395 e. The van der Waals surface area contributed by atoms with Crippen molar-refractivity contribution in [3.05, 3.63) is 19.2 Å². The van der Waals surface area contributed by atoms with E-state index in [1.54, 1.807) is 0 Å². The predicted octanol–water partition coefficient (Wildman–Crippen LogP) is 2.15. The maximum Gasteiger partial charge on any atom is 0.178 e. The Balaban J connectivity index is 2.04. The fourth-order valence-electron chi connectivity index (χ4n) is 1.87. The summed E-state index contributed by atoms with van der Waals surface area (Å²) in [6.07, 6.45) is 0. The molecule has 1 aromatic rings. The second-order valence-corrected chi connectivity index (χ2v) is 7.79. The van der Waals surface area contributed by atoms with Gasteiger partial charge in [-0.25, -0.2) is 0 Å². The number of aliphatic hydroxyl groups excluding tert-OH is 1. The molecular formula is C11H13Br2NO3S. The van der Waals surface area contributed by atoms with Crippen molar-refractivity contribution in [3.63, 3.8) is 0 Å². The van der Waals surface area contributed by atoms with Crippen LogP contribution in [0.3, 0.4) is 0 Å². The molecule has 1 aliphatic heterocycles. The van der Waals surface area contributed by atoms with Crippen LogP contribution in [0.15, 0.2) is 13.6 Å². The van der Waals surface area contributed by atoms with Crippen molar-refractivity contribution in [1.82, 2.24) is 4.90 Å². The number of Topliss-reactive ketones (excluding diaryl/α,β-unsaturated/α-hetero) is 1. The van der Waals surface area contributed by atoms with E-state index in [-0.39, 0.29) is 18.4 Å². The Labute approximate surface area is 126 Å². The summed E-state index contributed by atoms with van der Waals surface area (Å²) in [5.41, 5.74) is 0.690. The van der Waals surface area contributed by atoms with Gasteiger partial charge in [0, 0.05) is 12.1 Å². The van der Waals surface area contributed by atoms with Gasteiger partial charge < -0.3 is 9.84 Å². The summed E-state index contributed by atoms with van der Waals surface area (Å²) in [5, 5.41) is 9.26. The zero-order valence-corrected chi connectivity index (χ0v) is 13.6. The number of morpholine rings is 1. The number of rotatable bonds is 4. The summed E-state index contributed by atoms with van der Waals surface area (Å²) in [4.78, 5) is 14.2. The van der Waals surface area contributed by atoms with Gasteiger partial charge in [-0.15, -0.1) is 11.3 Å². The van der Waals surface area contributed by atoms with E-state index < -0.39 is 0 Å². The largest absolute Gasteiger partial charge is 0.395 e. The highest BCUT2D eigenvalue weighted by molar-refractivity contribution is 9.12. The SMILES string of the molecule is O=C(CN1CCOCC1CO)c1cc(Br)sc1Br. The Morgan fingerprint density at radius 3 is 3.00 bits per heavy atom. The Morgan fingerprint density at radius 2 is 2.39 bits per heavy atom. The van der Waals surface area contributed by atoms with E-state index in [0.29, 0.717) is 31.9 Å². The molecule has 1 saturated heterocycles. The summed E-state index contributed by atoms with van der Waals surface area (Å²) < 4.78 is 7.06. The molecule has 1 aliphatic rings. The van der Waals surface area contributed by atoms with Crippen LogP contribution in [0.1, 0.15) is 10.4 Å². The minimum absolute atomic E-state index is 0.0157. The standard InChI is InChI=1S/C11H13Br2NO3S/c12-10-3-8(11(13)18-10)9(16)4-14-1-2-17-6-7(14)5-15/h3,7,15H,1-2,4-6H2. The summed E-state index contributed by atoms with van der Waals surface area (Å²) in [7, 11) is 0. The molecule has 1 unspecified atom stereocenters. The molecule has 0 aromatic carbocycles. The predicted molar refractivity (Wildman–Crippen MR) is 77.3 cm³/mol. The molecule has 1 aromatic heterocycles. The highest BCUT2D eigenvalue weighted by Crippen LogP contribution is 2.32. The fraction of sp³-hybridized carbons (Fsp3) is 0.545. The third-order valence-corrected chi connectivity index (χ3v) is 5.20. The van der Waals surface area contributed by atoms with E-state index in [9.17, 15) is 9.90 Å². The van der Waals surface area contributed by atoms with Gasteiger partial charge in [0.15, 0.2) is 5.78 Å². The van der Waals surface area contributed by atoms with Gasteiger partial charge in [0.1, 0.15) is 0 Å². The molecule has 0 radical (unpaired) electrons. The summed E-state index contributed by atoms with van der Waals surface area (Å²) in [6, 6.07) is 1.74. The lowest BCUT2D eigenvalue weighted by atomic mass is 10.1. The van der Waals surface area contributed by atoms with E-state index in [1.165, 1.54) is 11.3 Å². The third-order valence-electron chi connectivity index (χ3n) is 2.86. The zero-order chi connectivity index (χ0) is 13.1. The molecule has 0 saturated carbocycles. The molecule has 4 nitrogen and oxygen atoms in total. The Morgan fingerprint density at radius 1 is 1.61 bits per heavy atom. The molecule has 2 heterocycles. The highest BCUT2D eigenvalue weighted by atomic mass is 79.9. The monoisotopic (exact) mass is 397 g/mol. The Bertz CT molecular complexity index is 438. The number of halogens is 2. The number of hydrogen-bond acceptors (Lipinski definition) is 5. The van der Waals surface area contributed by atoms with Crippen molar-refractivity contribution in [1.29, 1.82) is 0 Å². The van der Waals surface area contributed by atoms with Crippen LogP contribution in [0.4, 0.5) is 0 Å². The zero-order valence-electron chi connectivity index (χ0n) is 9.57. The quantitative estimate of drug-likeness (QED) is 0.789. The molecule has 18 heavy (non-hydrogen) atoms. The second kappa shape index (κ2) is 6.58. The molecule has 7 heteroatoms. The van der Waals surface area contributed by atoms with Crippen LogP contribution in [0.5, 0.6) is 0 Å². The molecule has 1 atom stereocenters. The maximum atomic E-state index is 12.2. The van der Waals surface area contributed by atoms with E-state index in [1.807, 2.05) is 11.0 Å². The molecule has 0 spiro atoms. The van der Waals surface area contributed by atoms with E-state index >= 15 is 0 Å². The van der Waals surface area contributed by atoms with Crippen molar-refractivity contribution in [2.24, 2.45) is 0 Å². The smallest absolute Gasteiger partial charge is 0.178 e. The average Bonchev–Trinajstić information content (AvgIpc) is 2.69. The number of thiophene rings is 1. The lowest BCUT2D eigenvalue weighted by Gasteiger charge is -2.33. The highest BCUT2D eigenvalue weighted by Gasteiger charge is 2.25. The van der Waals surface area contributed by atoms with Gasteiger partial charge in [-0.2, -0.15) is 0 Å². The lowest BCUT2D eigenvalue weighted by Crippen LogP contribution is -2.49. The molecular weight excluding hydrogens is 386 g/mol. The fourth-order valence-corrected chi connectivity index (χ4v) is 4.72. The van der Waals surface area contributed by atoms with Crippen LogP contribution >= 0.6 is 43.2 Å². The van der Waals surface area contributed by atoms with Crippen molar-refractivity contribution in [3.8, 4) is 0 Å². The van der Waals surface area contributed by atoms with Crippen LogP contribution < -0.4 is 0 Å². The minimum atomic E-state index is -0.0800. The first-order chi connectivity index (χ1) is 8.61. The first kappa shape index (κ1) is 14.6. The lowest BCUT2D eigenvalue weighted by molar-refractivity contribution is -0.0240. The summed E-state index contributed by atoms with van der Waals surface area (Å²) in [5.74, 6) is 0.0594.